The van der Waals surface area contributed by atoms with Crippen molar-refractivity contribution < 1.29 is 37.4 Å². The summed E-state index contributed by atoms with van der Waals surface area (Å²) in [7, 11) is 0. The van der Waals surface area contributed by atoms with Crippen LogP contribution in [0, 0.1) is 13.8 Å². The van der Waals surface area contributed by atoms with Gasteiger partial charge in [-0.05, 0) is 55.3 Å². The molecule has 7 nitrogen and oxygen atoms in total. The number of aromatic nitrogens is 1. The van der Waals surface area contributed by atoms with Crippen LogP contribution in [0.2, 0.25) is 0 Å². The molecule has 1 spiro atoms. The average Bonchev–Trinajstić information content (AvgIpc) is 3.29. The number of halogens is 3. The van der Waals surface area contributed by atoms with Gasteiger partial charge in [0.25, 0.3) is 5.91 Å². The third-order valence-corrected chi connectivity index (χ3v) is 6.74. The van der Waals surface area contributed by atoms with Crippen molar-refractivity contribution in [1.29, 1.82) is 0 Å². The van der Waals surface area contributed by atoms with Crippen molar-refractivity contribution in [2.75, 3.05) is 13.1 Å². The summed E-state index contributed by atoms with van der Waals surface area (Å²) >= 11 is 0. The summed E-state index contributed by atoms with van der Waals surface area (Å²) in [6, 6.07) is 11.6. The van der Waals surface area contributed by atoms with Gasteiger partial charge in [-0.3, -0.25) is 9.59 Å². The van der Waals surface area contributed by atoms with Crippen LogP contribution in [0.25, 0.3) is 10.9 Å². The van der Waals surface area contributed by atoms with E-state index < -0.39 is 17.7 Å². The van der Waals surface area contributed by atoms with Gasteiger partial charge in [-0.1, -0.05) is 6.07 Å². The molecular weight excluding hydrogens is 477 g/mol. The van der Waals surface area contributed by atoms with Crippen molar-refractivity contribution in [2.45, 2.75) is 44.9 Å². The van der Waals surface area contributed by atoms with Crippen molar-refractivity contribution in [3.8, 4) is 5.75 Å². The predicted molar refractivity (Wildman–Crippen MR) is 125 cm³/mol. The summed E-state index contributed by atoms with van der Waals surface area (Å²) in [4.78, 5) is 39.9. The molecule has 2 aliphatic rings. The summed E-state index contributed by atoms with van der Waals surface area (Å²) in [6.45, 7) is 5.23. The number of Topliss-reactive ketones (excluding diaryl/α,β-unsaturated/α-hetero) is 1. The number of rotatable bonds is 1. The van der Waals surface area contributed by atoms with E-state index >= 15 is 0 Å². The van der Waals surface area contributed by atoms with E-state index in [9.17, 15) is 22.8 Å². The Labute approximate surface area is 204 Å². The number of alkyl halides is 3. The van der Waals surface area contributed by atoms with Crippen molar-refractivity contribution in [3.05, 3.63) is 64.8 Å². The number of piperidine rings is 1. The summed E-state index contributed by atoms with van der Waals surface area (Å²) < 4.78 is 38.1. The summed E-state index contributed by atoms with van der Waals surface area (Å²) in [5.74, 6) is -1.88. The molecule has 0 aliphatic carbocycles. The predicted octanol–water partition coefficient (Wildman–Crippen LogP) is 5.06. The molecule has 2 aromatic carbocycles. The fraction of sp³-hybridized carbons (Fsp3) is 0.346. The lowest BCUT2D eigenvalue weighted by molar-refractivity contribution is -0.192. The van der Waals surface area contributed by atoms with Crippen LogP contribution in [0.4, 0.5) is 13.2 Å². The van der Waals surface area contributed by atoms with Crippen LogP contribution >= 0.6 is 0 Å². The zero-order valence-electron chi connectivity index (χ0n) is 19.7. The van der Waals surface area contributed by atoms with Crippen molar-refractivity contribution in [3.63, 3.8) is 0 Å². The molecule has 3 heterocycles. The Kier molecular flexibility index (Phi) is 6.55. The van der Waals surface area contributed by atoms with E-state index in [-0.39, 0.29) is 11.7 Å². The highest BCUT2D eigenvalue weighted by atomic mass is 19.4. The van der Waals surface area contributed by atoms with Gasteiger partial charge in [0, 0.05) is 48.6 Å². The first-order valence-electron chi connectivity index (χ1n) is 11.4. The van der Waals surface area contributed by atoms with E-state index in [4.69, 9.17) is 14.6 Å². The smallest absolute Gasteiger partial charge is 0.486 e. The number of carbonyl (C=O) groups is 3. The van der Waals surface area contributed by atoms with Crippen molar-refractivity contribution >= 4 is 28.6 Å². The molecule has 1 amide bonds. The molecule has 1 aromatic heterocycles. The van der Waals surface area contributed by atoms with Crippen LogP contribution < -0.4 is 4.74 Å². The van der Waals surface area contributed by atoms with E-state index in [1.807, 2.05) is 61.3 Å². The lowest BCUT2D eigenvalue weighted by Gasteiger charge is -2.44. The number of carboxylic acids is 1. The minimum atomic E-state index is -5.08. The second-order valence-corrected chi connectivity index (χ2v) is 9.16. The van der Waals surface area contributed by atoms with Crippen LogP contribution in [0.1, 0.15) is 51.1 Å². The lowest BCUT2D eigenvalue weighted by Crippen LogP contribution is -2.52. The zero-order chi connectivity index (χ0) is 26.3. The second kappa shape index (κ2) is 9.33. The van der Waals surface area contributed by atoms with Crippen LogP contribution in [0.5, 0.6) is 5.75 Å². The molecule has 0 bridgehead atoms. The number of ketones is 1. The molecule has 2 N–H and O–H groups in total. The van der Waals surface area contributed by atoms with E-state index in [0.717, 1.165) is 27.6 Å². The summed E-state index contributed by atoms with van der Waals surface area (Å²) in [5, 5.41) is 8.07. The molecule has 1 saturated heterocycles. The van der Waals surface area contributed by atoms with Gasteiger partial charge in [-0.25, -0.2) is 4.79 Å². The molecule has 0 radical (unpaired) electrons. The minimum Gasteiger partial charge on any atom is -0.486 e. The van der Waals surface area contributed by atoms with E-state index in [2.05, 4.69) is 4.98 Å². The summed E-state index contributed by atoms with van der Waals surface area (Å²) in [6.07, 6.45) is -1.51. The Morgan fingerprint density at radius 3 is 2.36 bits per heavy atom. The summed E-state index contributed by atoms with van der Waals surface area (Å²) in [5.41, 5.74) is 4.11. The molecule has 190 valence electrons. The number of nitrogens with one attached hydrogen (secondary N) is 1. The number of benzene rings is 2. The minimum absolute atomic E-state index is 0.0408. The molecule has 0 saturated carbocycles. The van der Waals surface area contributed by atoms with Gasteiger partial charge in [-0.15, -0.1) is 0 Å². The van der Waals surface area contributed by atoms with Gasteiger partial charge >= 0.3 is 12.1 Å². The molecule has 5 rings (SSSR count). The zero-order valence-corrected chi connectivity index (χ0v) is 19.7. The number of amides is 1. The number of H-pyrrole nitrogens is 1. The average molecular weight is 502 g/mol. The maximum atomic E-state index is 13.1. The second-order valence-electron chi connectivity index (χ2n) is 9.16. The first-order chi connectivity index (χ1) is 16.9. The highest BCUT2D eigenvalue weighted by Crippen LogP contribution is 2.40. The van der Waals surface area contributed by atoms with Gasteiger partial charge in [0.2, 0.25) is 0 Å². The first kappa shape index (κ1) is 25.3. The van der Waals surface area contributed by atoms with E-state index in [1.165, 1.54) is 0 Å². The molecule has 0 atom stereocenters. The number of nitrogens with zero attached hydrogens (tertiary/aromatic N) is 1. The van der Waals surface area contributed by atoms with Crippen molar-refractivity contribution in [1.82, 2.24) is 9.88 Å². The fourth-order valence-electron chi connectivity index (χ4n) is 4.59. The number of hydrogen-bond acceptors (Lipinski definition) is 4. The highest BCUT2D eigenvalue weighted by Gasteiger charge is 2.44. The largest absolute Gasteiger partial charge is 0.490 e. The fourth-order valence-corrected chi connectivity index (χ4v) is 4.59. The Morgan fingerprint density at radius 1 is 1.08 bits per heavy atom. The number of likely N-dealkylation sites (tertiary alicyclic amines) is 1. The first-order valence-corrected chi connectivity index (χ1v) is 11.4. The van der Waals surface area contributed by atoms with Crippen LogP contribution in [-0.2, 0) is 4.79 Å². The molecule has 0 unspecified atom stereocenters. The quantitative estimate of drug-likeness (QED) is 0.485. The SMILES string of the molecule is Cc1cc2c(cc1C)C(=O)CC1(CCN(C(=O)c3cccc4[nH]ccc34)CC1)O2.O=C(O)C(F)(F)F. The van der Waals surface area contributed by atoms with Gasteiger partial charge in [0.05, 0.1) is 12.0 Å². The Hall–Kier alpha value is -3.82. The third-order valence-electron chi connectivity index (χ3n) is 6.74. The van der Waals surface area contributed by atoms with Crippen LogP contribution in [0.15, 0.2) is 42.6 Å². The standard InChI is InChI=1S/C24H24N2O3.C2HF3O2/c1-15-12-19-21(27)14-24(29-22(19)13-16(15)2)7-10-26(11-8-24)23(28)18-4-3-5-20-17(18)6-9-25-20;3-2(4,5)1(6)7/h3-6,9,12-13,25H,7-8,10-11,14H2,1-2H3;(H,6,7). The molecule has 10 heteroatoms. The Balaban J connectivity index is 0.000000384. The number of aliphatic carboxylic acids is 1. The number of aryl methyl sites for hydroxylation is 2. The van der Waals surface area contributed by atoms with Gasteiger partial charge < -0.3 is 19.7 Å². The van der Waals surface area contributed by atoms with Gasteiger partial charge in [-0.2, -0.15) is 13.2 Å². The Morgan fingerprint density at radius 2 is 1.72 bits per heavy atom. The number of fused-ring (bicyclic) bond motifs is 2. The molecule has 2 aliphatic heterocycles. The number of aromatic amines is 1. The third kappa shape index (κ3) is 4.93. The van der Waals surface area contributed by atoms with Crippen LogP contribution in [-0.4, -0.2) is 57.5 Å². The monoisotopic (exact) mass is 502 g/mol. The van der Waals surface area contributed by atoms with Gasteiger partial charge in [0.1, 0.15) is 11.4 Å². The van der Waals surface area contributed by atoms with E-state index in [0.29, 0.717) is 43.7 Å². The van der Waals surface area contributed by atoms with Crippen molar-refractivity contribution in [2.24, 2.45) is 0 Å². The van der Waals surface area contributed by atoms with E-state index in [1.54, 1.807) is 0 Å². The number of carboxylic acid groups (broad SMARTS) is 1. The molecule has 1 fully saturated rings. The normalized spacial score (nSPS) is 16.7. The highest BCUT2D eigenvalue weighted by molar-refractivity contribution is 6.06. The molecule has 36 heavy (non-hydrogen) atoms. The number of hydrogen-bond donors (Lipinski definition) is 2. The topological polar surface area (TPSA) is 99.7 Å². The van der Waals surface area contributed by atoms with Gasteiger partial charge in [0.15, 0.2) is 5.78 Å². The number of carbonyl (C=O) groups excluding carboxylic acids is 2. The van der Waals surface area contributed by atoms with Crippen LogP contribution in [0.3, 0.4) is 0 Å². The molecule has 3 aromatic rings. The maximum absolute atomic E-state index is 13.1. The number of ether oxygens (including phenoxy) is 1. The lowest BCUT2D eigenvalue weighted by atomic mass is 9.81. The maximum Gasteiger partial charge on any atom is 0.490 e. The molecular formula is C26H25F3N2O5. The Bertz CT molecular complexity index is 1340.